The Morgan fingerprint density at radius 3 is 2.37 bits per heavy atom. The molecule has 0 fully saturated rings. The number of nitrogens with zero attached hydrogens (tertiary/aromatic N) is 2. The van der Waals surface area contributed by atoms with Crippen molar-refractivity contribution < 1.29 is 13.2 Å². The number of hydrogen-bond donors (Lipinski definition) is 1. The molecule has 2 N–H and O–H groups in total. The fourth-order valence-corrected chi connectivity index (χ4v) is 2.41. The van der Waals surface area contributed by atoms with Crippen LogP contribution >= 0.6 is 11.3 Å². The summed E-state index contributed by atoms with van der Waals surface area (Å²) < 4.78 is 37.3. The van der Waals surface area contributed by atoms with Gasteiger partial charge in [-0.3, -0.25) is 0 Å². The van der Waals surface area contributed by atoms with Crippen molar-refractivity contribution in [1.82, 2.24) is 10.2 Å². The fourth-order valence-electron chi connectivity index (χ4n) is 1.53. The molecule has 0 aliphatic rings. The average Bonchev–Trinajstić information content (AvgIpc) is 2.84. The zero-order valence-electron chi connectivity index (χ0n) is 9.94. The molecule has 0 saturated heterocycles. The van der Waals surface area contributed by atoms with Crippen LogP contribution in [0, 0.1) is 0 Å². The molecule has 2 rings (SSSR count). The summed E-state index contributed by atoms with van der Waals surface area (Å²) in [5.74, 6) is 0. The highest BCUT2D eigenvalue weighted by Gasteiger charge is 2.30. The third-order valence-electron chi connectivity index (χ3n) is 2.52. The van der Waals surface area contributed by atoms with Gasteiger partial charge in [-0.1, -0.05) is 23.5 Å². The third kappa shape index (κ3) is 3.51. The highest BCUT2D eigenvalue weighted by Crippen LogP contribution is 2.31. The van der Waals surface area contributed by atoms with E-state index in [2.05, 4.69) is 10.2 Å². The molecule has 0 bridgehead atoms. The molecule has 0 radical (unpaired) electrons. The summed E-state index contributed by atoms with van der Waals surface area (Å²) in [5, 5.41) is 9.44. The van der Waals surface area contributed by atoms with Crippen molar-refractivity contribution in [3.8, 4) is 10.6 Å². The maximum Gasteiger partial charge on any atom is 0.416 e. The van der Waals surface area contributed by atoms with Gasteiger partial charge in [-0.2, -0.15) is 13.2 Å². The van der Waals surface area contributed by atoms with Crippen molar-refractivity contribution in [1.29, 1.82) is 0 Å². The first kappa shape index (κ1) is 14.0. The lowest BCUT2D eigenvalue weighted by Gasteiger charge is -2.06. The van der Waals surface area contributed by atoms with E-state index in [1.54, 1.807) is 0 Å². The van der Waals surface area contributed by atoms with Crippen LogP contribution in [0.5, 0.6) is 0 Å². The van der Waals surface area contributed by atoms with Crippen molar-refractivity contribution in [3.05, 3.63) is 34.8 Å². The molecular formula is C12H12F3N3S. The summed E-state index contributed by atoms with van der Waals surface area (Å²) in [6.45, 7) is 0.579. The van der Waals surface area contributed by atoms with E-state index < -0.39 is 11.7 Å². The Morgan fingerprint density at radius 2 is 1.79 bits per heavy atom. The maximum atomic E-state index is 12.4. The molecule has 0 saturated carbocycles. The Labute approximate surface area is 112 Å². The minimum atomic E-state index is -4.31. The molecule has 1 aromatic carbocycles. The lowest BCUT2D eigenvalue weighted by atomic mass is 10.1. The largest absolute Gasteiger partial charge is 0.416 e. The van der Waals surface area contributed by atoms with Gasteiger partial charge < -0.3 is 5.73 Å². The van der Waals surface area contributed by atoms with Gasteiger partial charge in [0.1, 0.15) is 10.0 Å². The maximum absolute atomic E-state index is 12.4. The number of rotatable bonds is 4. The summed E-state index contributed by atoms with van der Waals surface area (Å²) in [6.07, 6.45) is -2.75. The standard InChI is InChI=1S/C12H12F3N3S/c13-12(14,15)9-5-3-8(4-6-9)11-18-17-10(19-11)2-1-7-16/h3-6H,1-2,7,16H2. The highest BCUT2D eigenvalue weighted by molar-refractivity contribution is 7.14. The summed E-state index contributed by atoms with van der Waals surface area (Å²) >= 11 is 1.38. The van der Waals surface area contributed by atoms with Crippen LogP contribution in [0.1, 0.15) is 17.0 Å². The van der Waals surface area contributed by atoms with Gasteiger partial charge in [0.25, 0.3) is 0 Å². The van der Waals surface area contributed by atoms with Gasteiger partial charge in [-0.25, -0.2) is 0 Å². The summed E-state index contributed by atoms with van der Waals surface area (Å²) in [7, 11) is 0. The molecule has 0 aliphatic carbocycles. The van der Waals surface area contributed by atoms with Crippen LogP contribution in [0.4, 0.5) is 13.2 Å². The van der Waals surface area contributed by atoms with E-state index in [0.717, 1.165) is 30.0 Å². The average molecular weight is 287 g/mol. The molecule has 0 aliphatic heterocycles. The second kappa shape index (κ2) is 5.66. The fraction of sp³-hybridized carbons (Fsp3) is 0.333. The van der Waals surface area contributed by atoms with Crippen molar-refractivity contribution in [3.63, 3.8) is 0 Å². The van der Waals surface area contributed by atoms with E-state index in [4.69, 9.17) is 5.73 Å². The number of benzene rings is 1. The molecule has 1 aromatic heterocycles. The summed E-state index contributed by atoms with van der Waals surface area (Å²) in [5.41, 5.74) is 5.38. The van der Waals surface area contributed by atoms with Gasteiger partial charge in [0.2, 0.25) is 0 Å². The van der Waals surface area contributed by atoms with Gasteiger partial charge in [0.15, 0.2) is 0 Å². The van der Waals surface area contributed by atoms with Crippen LogP contribution in [-0.2, 0) is 12.6 Å². The molecule has 7 heteroatoms. The summed E-state index contributed by atoms with van der Waals surface area (Å²) in [4.78, 5) is 0. The molecule has 2 aromatic rings. The predicted octanol–water partition coefficient (Wildman–Crippen LogP) is 3.12. The second-order valence-electron chi connectivity index (χ2n) is 3.97. The van der Waals surface area contributed by atoms with E-state index in [0.29, 0.717) is 17.1 Å². The van der Waals surface area contributed by atoms with E-state index in [1.165, 1.54) is 23.5 Å². The van der Waals surface area contributed by atoms with Crippen LogP contribution in [-0.4, -0.2) is 16.7 Å². The minimum Gasteiger partial charge on any atom is -0.330 e. The first-order chi connectivity index (χ1) is 9.00. The quantitative estimate of drug-likeness (QED) is 0.940. The number of nitrogens with two attached hydrogens (primary N) is 1. The smallest absolute Gasteiger partial charge is 0.330 e. The molecule has 3 nitrogen and oxygen atoms in total. The number of halogens is 3. The Morgan fingerprint density at radius 1 is 1.11 bits per heavy atom. The van der Waals surface area contributed by atoms with Crippen LogP contribution in [0.3, 0.4) is 0 Å². The van der Waals surface area contributed by atoms with E-state index >= 15 is 0 Å². The predicted molar refractivity (Wildman–Crippen MR) is 67.7 cm³/mol. The van der Waals surface area contributed by atoms with Crippen molar-refractivity contribution in [2.45, 2.75) is 19.0 Å². The molecule has 102 valence electrons. The lowest BCUT2D eigenvalue weighted by molar-refractivity contribution is -0.137. The number of alkyl halides is 3. The number of aromatic nitrogens is 2. The first-order valence-corrected chi connectivity index (χ1v) is 6.52. The van der Waals surface area contributed by atoms with E-state index in [9.17, 15) is 13.2 Å². The molecule has 0 unspecified atom stereocenters. The molecule has 0 spiro atoms. The van der Waals surface area contributed by atoms with E-state index in [-0.39, 0.29) is 0 Å². The molecule has 19 heavy (non-hydrogen) atoms. The topological polar surface area (TPSA) is 51.8 Å². The highest BCUT2D eigenvalue weighted by atomic mass is 32.1. The molecule has 0 atom stereocenters. The first-order valence-electron chi connectivity index (χ1n) is 5.71. The van der Waals surface area contributed by atoms with Crippen LogP contribution in [0.15, 0.2) is 24.3 Å². The minimum absolute atomic E-state index is 0.579. The molecular weight excluding hydrogens is 275 g/mol. The van der Waals surface area contributed by atoms with Gasteiger partial charge >= 0.3 is 6.18 Å². The Kier molecular flexibility index (Phi) is 4.16. The van der Waals surface area contributed by atoms with Gasteiger partial charge in [0, 0.05) is 12.0 Å². The monoisotopic (exact) mass is 287 g/mol. The third-order valence-corrected chi connectivity index (χ3v) is 3.55. The Hall–Kier alpha value is -1.47. The number of aryl methyl sites for hydroxylation is 1. The van der Waals surface area contributed by atoms with Crippen LogP contribution < -0.4 is 5.73 Å². The lowest BCUT2D eigenvalue weighted by Crippen LogP contribution is -2.03. The normalized spacial score (nSPS) is 11.8. The zero-order chi connectivity index (χ0) is 13.9. The Balaban J connectivity index is 2.16. The molecule has 0 amide bonds. The Bertz CT molecular complexity index is 534. The van der Waals surface area contributed by atoms with Gasteiger partial charge in [-0.05, 0) is 25.1 Å². The van der Waals surface area contributed by atoms with Crippen LogP contribution in [0.25, 0.3) is 10.6 Å². The number of hydrogen-bond acceptors (Lipinski definition) is 4. The van der Waals surface area contributed by atoms with Crippen LogP contribution in [0.2, 0.25) is 0 Å². The summed E-state index contributed by atoms with van der Waals surface area (Å²) in [6, 6.07) is 4.93. The van der Waals surface area contributed by atoms with Crippen molar-refractivity contribution in [2.24, 2.45) is 5.73 Å². The van der Waals surface area contributed by atoms with Crippen molar-refractivity contribution >= 4 is 11.3 Å². The zero-order valence-corrected chi connectivity index (χ0v) is 10.8. The molecule has 1 heterocycles. The SMILES string of the molecule is NCCCc1nnc(-c2ccc(C(F)(F)F)cc2)s1. The van der Waals surface area contributed by atoms with Gasteiger partial charge in [-0.15, -0.1) is 10.2 Å². The second-order valence-corrected chi connectivity index (χ2v) is 5.03. The van der Waals surface area contributed by atoms with Crippen molar-refractivity contribution in [2.75, 3.05) is 6.54 Å². The van der Waals surface area contributed by atoms with E-state index in [1.807, 2.05) is 0 Å². The van der Waals surface area contributed by atoms with Gasteiger partial charge in [0.05, 0.1) is 5.56 Å².